The van der Waals surface area contributed by atoms with Crippen molar-refractivity contribution in [3.63, 3.8) is 0 Å². The van der Waals surface area contributed by atoms with Gasteiger partial charge in [-0.05, 0) is 41.9 Å². The van der Waals surface area contributed by atoms with Crippen molar-refractivity contribution < 1.29 is 9.84 Å². The number of hydrogen-bond acceptors (Lipinski definition) is 3. The highest BCUT2D eigenvalue weighted by Gasteiger charge is 2.46. The van der Waals surface area contributed by atoms with Crippen LogP contribution in [0.5, 0.6) is 0 Å². The Morgan fingerprint density at radius 1 is 0.967 bits per heavy atom. The van der Waals surface area contributed by atoms with Gasteiger partial charge in [0, 0.05) is 25.6 Å². The van der Waals surface area contributed by atoms with Crippen molar-refractivity contribution in [1.29, 1.82) is 0 Å². The fraction of sp³-hybridized carbons (Fsp3) is 0.556. The Hall–Kier alpha value is -1.68. The summed E-state index contributed by atoms with van der Waals surface area (Å²) in [6.07, 6.45) is 6.98. The van der Waals surface area contributed by atoms with Gasteiger partial charge in [-0.15, -0.1) is 0 Å². The van der Waals surface area contributed by atoms with Crippen molar-refractivity contribution in [3.8, 4) is 0 Å². The predicted molar refractivity (Wildman–Crippen MR) is 123 cm³/mol. The van der Waals surface area contributed by atoms with E-state index in [1.165, 1.54) is 30.4 Å². The van der Waals surface area contributed by atoms with Gasteiger partial charge in [0.1, 0.15) is 5.60 Å². The fourth-order valence-corrected chi connectivity index (χ4v) is 5.50. The Morgan fingerprint density at radius 2 is 1.63 bits per heavy atom. The number of nitrogens with zero attached hydrogens (tertiary/aromatic N) is 1. The molecule has 2 fully saturated rings. The zero-order valence-corrected chi connectivity index (χ0v) is 18.4. The fourth-order valence-electron chi connectivity index (χ4n) is 5.50. The van der Waals surface area contributed by atoms with Gasteiger partial charge in [-0.2, -0.15) is 0 Å². The van der Waals surface area contributed by atoms with Gasteiger partial charge in [-0.3, -0.25) is 4.90 Å². The minimum Gasteiger partial charge on any atom is -0.384 e. The zero-order chi connectivity index (χ0) is 20.8. The summed E-state index contributed by atoms with van der Waals surface area (Å²) >= 11 is 0. The van der Waals surface area contributed by atoms with Crippen LogP contribution in [0.1, 0.15) is 61.6 Å². The number of hydrogen-bond donors (Lipinski definition) is 1. The van der Waals surface area contributed by atoms with Crippen LogP contribution in [-0.2, 0) is 16.8 Å². The minimum atomic E-state index is -0.855. The van der Waals surface area contributed by atoms with Crippen molar-refractivity contribution in [2.75, 3.05) is 32.8 Å². The summed E-state index contributed by atoms with van der Waals surface area (Å²) in [5, 5.41) is 12.7. The molecular formula is C27H37NO2. The van der Waals surface area contributed by atoms with Crippen molar-refractivity contribution in [1.82, 2.24) is 4.90 Å². The number of morpholine rings is 1. The molecule has 1 N–H and O–H groups in total. The van der Waals surface area contributed by atoms with Crippen LogP contribution >= 0.6 is 0 Å². The molecule has 1 saturated heterocycles. The molecule has 4 rings (SSSR count). The average molecular weight is 408 g/mol. The molecule has 2 aromatic rings. The Bertz CT molecular complexity index is 763. The van der Waals surface area contributed by atoms with Crippen LogP contribution in [0.4, 0.5) is 0 Å². The Morgan fingerprint density at radius 3 is 2.27 bits per heavy atom. The summed E-state index contributed by atoms with van der Waals surface area (Å²) in [7, 11) is 0. The standard InChI is InChI=1S/C27H37NO2/c1-2-22-13-15-25(16-14-22)27(29,24-11-7-4-8-12-24)26(23-9-5-3-6-10-23)21-28-17-19-30-20-18-28/h3,5-6,9-10,13-16,24,26,29H,2,4,7-8,11-12,17-21H2,1H3/t26-,27-/m1/s1. The van der Waals surface area contributed by atoms with Crippen LogP contribution in [0.25, 0.3) is 0 Å². The van der Waals surface area contributed by atoms with E-state index < -0.39 is 5.60 Å². The molecule has 1 heterocycles. The van der Waals surface area contributed by atoms with Gasteiger partial charge in [0.05, 0.1) is 13.2 Å². The maximum absolute atomic E-state index is 12.7. The van der Waals surface area contributed by atoms with E-state index in [1.807, 2.05) is 0 Å². The van der Waals surface area contributed by atoms with Gasteiger partial charge in [-0.1, -0.05) is 80.8 Å². The van der Waals surface area contributed by atoms with E-state index in [-0.39, 0.29) is 5.92 Å². The first kappa shape index (κ1) is 21.5. The van der Waals surface area contributed by atoms with E-state index in [0.29, 0.717) is 5.92 Å². The van der Waals surface area contributed by atoms with Crippen LogP contribution < -0.4 is 0 Å². The van der Waals surface area contributed by atoms with Crippen LogP contribution in [0.15, 0.2) is 54.6 Å². The Labute approximate surface area is 182 Å². The molecule has 30 heavy (non-hydrogen) atoms. The molecule has 162 valence electrons. The van der Waals surface area contributed by atoms with Crippen LogP contribution in [0, 0.1) is 5.92 Å². The van der Waals surface area contributed by atoms with E-state index in [2.05, 4.69) is 66.4 Å². The summed E-state index contributed by atoms with van der Waals surface area (Å²) in [6.45, 7) is 6.52. The topological polar surface area (TPSA) is 32.7 Å². The second-order valence-corrected chi connectivity index (χ2v) is 9.09. The molecule has 2 aliphatic rings. The number of rotatable bonds is 7. The summed E-state index contributed by atoms with van der Waals surface area (Å²) in [5.74, 6) is 0.345. The lowest BCUT2D eigenvalue weighted by atomic mass is 9.65. The predicted octanol–water partition coefficient (Wildman–Crippen LogP) is 5.13. The number of benzene rings is 2. The third-order valence-electron chi connectivity index (χ3n) is 7.33. The summed E-state index contributed by atoms with van der Waals surface area (Å²) in [4.78, 5) is 2.48. The lowest BCUT2D eigenvalue weighted by Gasteiger charge is -2.46. The molecular weight excluding hydrogens is 370 g/mol. The van der Waals surface area contributed by atoms with Crippen LogP contribution in [0.3, 0.4) is 0 Å². The van der Waals surface area contributed by atoms with Crippen molar-refractivity contribution in [2.45, 2.75) is 57.0 Å². The van der Waals surface area contributed by atoms with Crippen LogP contribution in [0.2, 0.25) is 0 Å². The lowest BCUT2D eigenvalue weighted by molar-refractivity contribution is -0.0758. The quantitative estimate of drug-likeness (QED) is 0.690. The molecule has 3 heteroatoms. The highest BCUT2D eigenvalue weighted by Crippen LogP contribution is 2.48. The van der Waals surface area contributed by atoms with E-state index in [4.69, 9.17) is 4.74 Å². The molecule has 0 spiro atoms. The number of aliphatic hydroxyl groups is 1. The highest BCUT2D eigenvalue weighted by molar-refractivity contribution is 5.35. The normalized spacial score (nSPS) is 21.8. The van der Waals surface area contributed by atoms with E-state index in [0.717, 1.165) is 57.7 Å². The molecule has 0 bridgehead atoms. The molecule has 1 aliphatic heterocycles. The second-order valence-electron chi connectivity index (χ2n) is 9.09. The maximum Gasteiger partial charge on any atom is 0.100 e. The first-order valence-corrected chi connectivity index (χ1v) is 11.9. The Kier molecular flexibility index (Phi) is 7.24. The average Bonchev–Trinajstić information content (AvgIpc) is 2.84. The van der Waals surface area contributed by atoms with Crippen molar-refractivity contribution in [2.24, 2.45) is 5.92 Å². The minimum absolute atomic E-state index is 0.0485. The molecule has 1 aliphatic carbocycles. The van der Waals surface area contributed by atoms with Gasteiger partial charge in [0.25, 0.3) is 0 Å². The smallest absolute Gasteiger partial charge is 0.100 e. The van der Waals surface area contributed by atoms with E-state index in [1.54, 1.807) is 0 Å². The third-order valence-corrected chi connectivity index (χ3v) is 7.33. The van der Waals surface area contributed by atoms with Crippen molar-refractivity contribution >= 4 is 0 Å². The maximum atomic E-state index is 12.7. The summed E-state index contributed by atoms with van der Waals surface area (Å²) in [5.41, 5.74) is 2.81. The Balaban J connectivity index is 1.76. The van der Waals surface area contributed by atoms with Gasteiger partial charge in [-0.25, -0.2) is 0 Å². The molecule has 1 saturated carbocycles. The second kappa shape index (κ2) is 10.1. The molecule has 0 unspecified atom stereocenters. The first-order chi connectivity index (χ1) is 14.7. The molecule has 3 nitrogen and oxygen atoms in total. The van der Waals surface area contributed by atoms with E-state index in [9.17, 15) is 5.11 Å². The van der Waals surface area contributed by atoms with Gasteiger partial charge >= 0.3 is 0 Å². The number of ether oxygens (including phenoxy) is 1. The highest BCUT2D eigenvalue weighted by atomic mass is 16.5. The first-order valence-electron chi connectivity index (χ1n) is 11.9. The van der Waals surface area contributed by atoms with Crippen LogP contribution in [-0.4, -0.2) is 42.9 Å². The summed E-state index contributed by atoms with van der Waals surface area (Å²) < 4.78 is 5.59. The number of aryl methyl sites for hydroxylation is 1. The summed E-state index contributed by atoms with van der Waals surface area (Å²) in [6, 6.07) is 19.5. The molecule has 0 radical (unpaired) electrons. The van der Waals surface area contributed by atoms with Gasteiger partial charge in [0.2, 0.25) is 0 Å². The molecule has 0 aromatic heterocycles. The molecule has 2 aromatic carbocycles. The largest absolute Gasteiger partial charge is 0.384 e. The van der Waals surface area contributed by atoms with Gasteiger partial charge in [0.15, 0.2) is 0 Å². The lowest BCUT2D eigenvalue weighted by Crippen LogP contribution is -2.48. The third kappa shape index (κ3) is 4.64. The monoisotopic (exact) mass is 407 g/mol. The van der Waals surface area contributed by atoms with Crippen molar-refractivity contribution in [3.05, 3.63) is 71.3 Å². The SMILES string of the molecule is CCc1ccc([C@](O)(C2CCCCC2)[C@H](CN2CCOCC2)c2ccccc2)cc1. The molecule has 0 amide bonds. The zero-order valence-electron chi connectivity index (χ0n) is 18.4. The van der Waals surface area contributed by atoms with E-state index >= 15 is 0 Å². The molecule has 2 atom stereocenters. The van der Waals surface area contributed by atoms with Gasteiger partial charge < -0.3 is 9.84 Å².